The van der Waals surface area contributed by atoms with Crippen LogP contribution in [0.3, 0.4) is 0 Å². The molecule has 0 saturated carbocycles. The van der Waals surface area contributed by atoms with E-state index in [1.54, 1.807) is 0 Å². The number of carbonyl (C=O) groups is 1. The summed E-state index contributed by atoms with van der Waals surface area (Å²) < 4.78 is 5.62. The van der Waals surface area contributed by atoms with Crippen LogP contribution in [0.25, 0.3) is 0 Å². The van der Waals surface area contributed by atoms with Gasteiger partial charge in [-0.15, -0.1) is 0 Å². The maximum atomic E-state index is 12.8. The summed E-state index contributed by atoms with van der Waals surface area (Å²) in [5.41, 5.74) is 6.84. The fourth-order valence-electron chi connectivity index (χ4n) is 3.07. The van der Waals surface area contributed by atoms with E-state index in [0.717, 1.165) is 30.9 Å². The first-order valence-corrected chi connectivity index (χ1v) is 7.11. The Bertz CT molecular complexity index is 506. The van der Waals surface area contributed by atoms with E-state index in [1.807, 2.05) is 29.2 Å². The van der Waals surface area contributed by atoms with Crippen LogP contribution in [0.5, 0.6) is 5.75 Å². The van der Waals surface area contributed by atoms with Gasteiger partial charge >= 0.3 is 0 Å². The second-order valence-electron chi connectivity index (χ2n) is 5.58. The van der Waals surface area contributed by atoms with Crippen molar-refractivity contribution in [2.45, 2.75) is 12.0 Å². The molecule has 2 heterocycles. The number of rotatable bonds is 2. The average Bonchev–Trinajstić information content (AvgIpc) is 2.90. The molecule has 2 unspecified atom stereocenters. The Morgan fingerprint density at radius 1 is 1.40 bits per heavy atom. The molecule has 5 heteroatoms. The second kappa shape index (κ2) is 5.42. The molecular formula is C15H21N3O2. The molecule has 2 N–H and O–H groups in total. The lowest BCUT2D eigenvalue weighted by Crippen LogP contribution is -2.57. The summed E-state index contributed by atoms with van der Waals surface area (Å²) in [4.78, 5) is 17.0. The summed E-state index contributed by atoms with van der Waals surface area (Å²) in [6, 6.07) is 7.91. The summed E-state index contributed by atoms with van der Waals surface area (Å²) in [6.45, 7) is 3.44. The lowest BCUT2D eigenvalue weighted by molar-refractivity contribution is -0.137. The summed E-state index contributed by atoms with van der Waals surface area (Å²) >= 11 is 0. The molecule has 20 heavy (non-hydrogen) atoms. The zero-order valence-corrected chi connectivity index (χ0v) is 11.8. The summed E-state index contributed by atoms with van der Waals surface area (Å²) in [7, 11) is 2.07. The molecule has 0 radical (unpaired) electrons. The fourth-order valence-corrected chi connectivity index (χ4v) is 3.07. The van der Waals surface area contributed by atoms with Gasteiger partial charge in [-0.3, -0.25) is 4.79 Å². The number of hydrogen-bond donors (Lipinski definition) is 1. The first kappa shape index (κ1) is 13.4. The van der Waals surface area contributed by atoms with Crippen molar-refractivity contribution in [3.63, 3.8) is 0 Å². The molecule has 0 aromatic heterocycles. The smallest absolute Gasteiger partial charge is 0.234 e. The Labute approximate surface area is 119 Å². The van der Waals surface area contributed by atoms with Crippen LogP contribution in [0.15, 0.2) is 24.3 Å². The molecule has 1 aromatic rings. The van der Waals surface area contributed by atoms with Gasteiger partial charge in [-0.2, -0.15) is 0 Å². The Kier molecular flexibility index (Phi) is 3.63. The average molecular weight is 275 g/mol. The highest BCUT2D eigenvalue weighted by Gasteiger charge is 2.37. The van der Waals surface area contributed by atoms with Crippen LogP contribution in [0.1, 0.15) is 11.5 Å². The molecule has 1 amide bonds. The van der Waals surface area contributed by atoms with Crippen LogP contribution in [0.4, 0.5) is 0 Å². The lowest BCUT2D eigenvalue weighted by Gasteiger charge is -2.40. The van der Waals surface area contributed by atoms with Crippen LogP contribution in [0, 0.1) is 0 Å². The van der Waals surface area contributed by atoms with Gasteiger partial charge in [-0.25, -0.2) is 0 Å². The van der Waals surface area contributed by atoms with E-state index in [-0.39, 0.29) is 17.9 Å². The minimum Gasteiger partial charge on any atom is -0.492 e. The first-order chi connectivity index (χ1) is 9.70. The topological polar surface area (TPSA) is 58.8 Å². The van der Waals surface area contributed by atoms with Gasteiger partial charge in [0.05, 0.1) is 6.04 Å². The molecular weight excluding hydrogens is 254 g/mol. The van der Waals surface area contributed by atoms with Gasteiger partial charge < -0.3 is 20.3 Å². The number of likely N-dealkylation sites (N-methyl/N-ethyl adjacent to an activating group) is 1. The molecule has 1 fully saturated rings. The lowest BCUT2D eigenvalue weighted by atomic mass is 9.98. The number of amides is 1. The van der Waals surface area contributed by atoms with Crippen molar-refractivity contribution < 1.29 is 9.53 Å². The first-order valence-electron chi connectivity index (χ1n) is 7.11. The SMILES string of the molecule is CN1CCN(C(=O)C2COc3ccccc32)C(CN)C1. The minimum atomic E-state index is -0.177. The van der Waals surface area contributed by atoms with Gasteiger partial charge in [-0.1, -0.05) is 18.2 Å². The van der Waals surface area contributed by atoms with Crippen molar-refractivity contribution in [1.29, 1.82) is 0 Å². The number of benzene rings is 1. The number of piperazine rings is 1. The normalized spacial score (nSPS) is 26.2. The van der Waals surface area contributed by atoms with E-state index in [0.29, 0.717) is 13.2 Å². The Morgan fingerprint density at radius 3 is 3.00 bits per heavy atom. The van der Waals surface area contributed by atoms with E-state index in [9.17, 15) is 4.79 Å². The minimum absolute atomic E-state index is 0.106. The van der Waals surface area contributed by atoms with Crippen molar-refractivity contribution in [2.75, 3.05) is 39.8 Å². The highest BCUT2D eigenvalue weighted by molar-refractivity contribution is 5.86. The van der Waals surface area contributed by atoms with E-state index in [1.165, 1.54) is 0 Å². The largest absolute Gasteiger partial charge is 0.492 e. The van der Waals surface area contributed by atoms with Crippen molar-refractivity contribution in [2.24, 2.45) is 5.73 Å². The number of nitrogens with two attached hydrogens (primary N) is 1. The number of nitrogens with zero attached hydrogens (tertiary/aromatic N) is 2. The van der Waals surface area contributed by atoms with E-state index in [2.05, 4.69) is 11.9 Å². The number of fused-ring (bicyclic) bond motifs is 1. The molecule has 3 rings (SSSR count). The molecule has 108 valence electrons. The maximum Gasteiger partial charge on any atom is 0.234 e. The van der Waals surface area contributed by atoms with Gasteiger partial charge in [0.1, 0.15) is 18.3 Å². The number of carbonyl (C=O) groups excluding carboxylic acids is 1. The predicted molar refractivity (Wildman–Crippen MR) is 76.7 cm³/mol. The third-order valence-electron chi connectivity index (χ3n) is 4.24. The maximum absolute atomic E-state index is 12.8. The number of hydrogen-bond acceptors (Lipinski definition) is 4. The van der Waals surface area contributed by atoms with Gasteiger partial charge in [-0.05, 0) is 13.1 Å². The molecule has 2 aliphatic rings. The predicted octanol–water partition coefficient (Wildman–Crippen LogP) is 0.264. The third-order valence-corrected chi connectivity index (χ3v) is 4.24. The third kappa shape index (κ3) is 2.27. The van der Waals surface area contributed by atoms with Crippen LogP contribution in [-0.4, -0.2) is 61.6 Å². The Hall–Kier alpha value is -1.59. The zero-order valence-electron chi connectivity index (χ0n) is 11.8. The second-order valence-corrected chi connectivity index (χ2v) is 5.58. The molecule has 0 bridgehead atoms. The highest BCUT2D eigenvalue weighted by Crippen LogP contribution is 2.35. The van der Waals surface area contributed by atoms with Crippen LogP contribution < -0.4 is 10.5 Å². The molecule has 1 aromatic carbocycles. The number of ether oxygens (including phenoxy) is 1. The Balaban J connectivity index is 1.79. The van der Waals surface area contributed by atoms with Crippen molar-refractivity contribution in [3.8, 4) is 5.75 Å². The summed E-state index contributed by atoms with van der Waals surface area (Å²) in [5, 5.41) is 0. The van der Waals surface area contributed by atoms with Crippen molar-refractivity contribution >= 4 is 5.91 Å². The standard InChI is InChI=1S/C15H21N3O2/c1-17-6-7-18(11(8-16)9-17)15(19)13-10-20-14-5-3-2-4-12(13)14/h2-5,11,13H,6-10,16H2,1H3. The molecule has 2 atom stereocenters. The summed E-state index contributed by atoms with van der Waals surface area (Å²) in [6.07, 6.45) is 0. The monoisotopic (exact) mass is 275 g/mol. The number of para-hydroxylation sites is 1. The fraction of sp³-hybridized carbons (Fsp3) is 0.533. The van der Waals surface area contributed by atoms with Crippen LogP contribution >= 0.6 is 0 Å². The van der Waals surface area contributed by atoms with Crippen molar-refractivity contribution in [3.05, 3.63) is 29.8 Å². The molecule has 0 spiro atoms. The zero-order chi connectivity index (χ0) is 14.1. The van der Waals surface area contributed by atoms with Gasteiger partial charge in [0.2, 0.25) is 5.91 Å². The quantitative estimate of drug-likeness (QED) is 0.841. The molecule has 1 saturated heterocycles. The van der Waals surface area contributed by atoms with Crippen LogP contribution in [-0.2, 0) is 4.79 Å². The highest BCUT2D eigenvalue weighted by atomic mass is 16.5. The van der Waals surface area contributed by atoms with Crippen molar-refractivity contribution in [1.82, 2.24) is 9.80 Å². The van der Waals surface area contributed by atoms with Gasteiger partial charge in [0.15, 0.2) is 0 Å². The van der Waals surface area contributed by atoms with E-state index < -0.39 is 0 Å². The van der Waals surface area contributed by atoms with E-state index in [4.69, 9.17) is 10.5 Å². The Morgan fingerprint density at radius 2 is 2.20 bits per heavy atom. The summed E-state index contributed by atoms with van der Waals surface area (Å²) in [5.74, 6) is 0.812. The van der Waals surface area contributed by atoms with Gasteiger partial charge in [0.25, 0.3) is 0 Å². The molecule has 2 aliphatic heterocycles. The van der Waals surface area contributed by atoms with Crippen LogP contribution in [0.2, 0.25) is 0 Å². The van der Waals surface area contributed by atoms with E-state index >= 15 is 0 Å². The molecule has 0 aliphatic carbocycles. The van der Waals surface area contributed by atoms with Gasteiger partial charge in [0, 0.05) is 31.7 Å². The molecule has 5 nitrogen and oxygen atoms in total.